The van der Waals surface area contributed by atoms with E-state index >= 15 is 0 Å². The summed E-state index contributed by atoms with van der Waals surface area (Å²) in [6, 6.07) is 9.38. The van der Waals surface area contributed by atoms with Gasteiger partial charge in [-0.2, -0.15) is 13.2 Å². The Morgan fingerprint density at radius 1 is 1.00 bits per heavy atom. The quantitative estimate of drug-likeness (QED) is 0.649. The third-order valence-corrected chi connectivity index (χ3v) is 7.18. The topological polar surface area (TPSA) is 60.9 Å². The lowest BCUT2D eigenvalue weighted by atomic mass is 10.1. The van der Waals surface area contributed by atoms with Crippen LogP contribution < -0.4 is 9.21 Å². The van der Waals surface area contributed by atoms with Crippen LogP contribution in [-0.2, 0) is 21.0 Å². The smallest absolute Gasteiger partial charge is 0.368 e. The van der Waals surface area contributed by atoms with E-state index in [2.05, 4.69) is 0 Å². The normalized spacial score (nSPS) is 16.0. The summed E-state index contributed by atoms with van der Waals surface area (Å²) in [5, 5.41) is 0. The maximum Gasteiger partial charge on any atom is 0.416 e. The minimum atomic E-state index is -4.42. The Labute approximate surface area is 192 Å². The van der Waals surface area contributed by atoms with Gasteiger partial charge in [0.05, 0.1) is 17.5 Å². The highest BCUT2D eigenvalue weighted by Crippen LogP contribution is 2.32. The molecular weight excluding hydrogens is 455 g/mol. The summed E-state index contributed by atoms with van der Waals surface area (Å²) in [6.45, 7) is 6.61. The van der Waals surface area contributed by atoms with E-state index in [4.69, 9.17) is 0 Å². The first kappa shape index (κ1) is 24.9. The molecule has 10 heteroatoms. The Hall–Kier alpha value is -2.75. The molecule has 0 bridgehead atoms. The highest BCUT2D eigenvalue weighted by molar-refractivity contribution is 7.92. The molecule has 1 aliphatic heterocycles. The summed E-state index contributed by atoms with van der Waals surface area (Å²) >= 11 is 0. The average molecular weight is 484 g/mol. The van der Waals surface area contributed by atoms with Gasteiger partial charge < -0.3 is 9.80 Å². The molecule has 0 aliphatic carbocycles. The Balaban J connectivity index is 1.74. The predicted octanol–water partition coefficient (Wildman–Crippen LogP) is 3.83. The number of anilines is 2. The van der Waals surface area contributed by atoms with Gasteiger partial charge in [-0.3, -0.25) is 9.10 Å². The zero-order chi connectivity index (χ0) is 24.6. The van der Waals surface area contributed by atoms with E-state index in [0.29, 0.717) is 24.5 Å². The lowest BCUT2D eigenvalue weighted by Crippen LogP contribution is -2.55. The molecule has 1 aliphatic rings. The first-order valence-corrected chi connectivity index (χ1v) is 12.4. The summed E-state index contributed by atoms with van der Waals surface area (Å²) in [6.07, 6.45) is -3.36. The van der Waals surface area contributed by atoms with Gasteiger partial charge in [0, 0.05) is 31.9 Å². The number of hydrogen-bond donors (Lipinski definition) is 0. The Morgan fingerprint density at radius 3 is 2.18 bits per heavy atom. The van der Waals surface area contributed by atoms with Crippen molar-refractivity contribution in [2.45, 2.75) is 33.0 Å². The van der Waals surface area contributed by atoms with Crippen molar-refractivity contribution in [3.05, 3.63) is 59.2 Å². The van der Waals surface area contributed by atoms with Crippen molar-refractivity contribution in [3.8, 4) is 0 Å². The molecule has 1 amide bonds. The first-order chi connectivity index (χ1) is 15.3. The van der Waals surface area contributed by atoms with Gasteiger partial charge in [-0.25, -0.2) is 8.42 Å². The highest BCUT2D eigenvalue weighted by Gasteiger charge is 2.34. The Morgan fingerprint density at radius 2 is 1.64 bits per heavy atom. The summed E-state index contributed by atoms with van der Waals surface area (Å²) in [4.78, 5) is 16.5. The molecule has 1 heterocycles. The maximum atomic E-state index is 13.2. The molecule has 3 rings (SSSR count). The van der Waals surface area contributed by atoms with Gasteiger partial charge >= 0.3 is 6.18 Å². The second kappa shape index (κ2) is 9.24. The molecule has 0 aromatic heterocycles. The lowest BCUT2D eigenvalue weighted by molar-refractivity contribution is -0.137. The fourth-order valence-corrected chi connectivity index (χ4v) is 5.15. The molecule has 6 nitrogen and oxygen atoms in total. The fourth-order valence-electron chi connectivity index (χ4n) is 3.99. The number of carbonyl (C=O) groups is 1. The van der Waals surface area contributed by atoms with E-state index in [1.807, 2.05) is 19.9 Å². The van der Waals surface area contributed by atoms with Crippen molar-refractivity contribution < 1.29 is 26.4 Å². The van der Waals surface area contributed by atoms with Crippen LogP contribution >= 0.6 is 0 Å². The predicted molar refractivity (Wildman–Crippen MR) is 123 cm³/mol. The summed E-state index contributed by atoms with van der Waals surface area (Å²) in [5.41, 5.74) is 2.07. The molecule has 2 aromatic carbocycles. The van der Waals surface area contributed by atoms with Crippen LogP contribution in [0.2, 0.25) is 0 Å². The van der Waals surface area contributed by atoms with Crippen molar-refractivity contribution in [2.75, 3.05) is 41.6 Å². The second-order valence-corrected chi connectivity index (χ2v) is 10.2. The lowest BCUT2D eigenvalue weighted by Gasteiger charge is -2.39. The van der Waals surface area contributed by atoms with Crippen molar-refractivity contribution >= 4 is 27.3 Å². The van der Waals surface area contributed by atoms with Crippen molar-refractivity contribution in [2.24, 2.45) is 0 Å². The fraction of sp³-hybridized carbons (Fsp3) is 0.435. The van der Waals surface area contributed by atoms with Gasteiger partial charge in [-0.15, -0.1) is 0 Å². The number of rotatable bonds is 5. The number of nitrogens with zero attached hydrogens (tertiary/aromatic N) is 3. The highest BCUT2D eigenvalue weighted by atomic mass is 32.2. The Kier molecular flexibility index (Phi) is 6.97. The van der Waals surface area contributed by atoms with Crippen LogP contribution in [-0.4, -0.2) is 57.7 Å². The average Bonchev–Trinajstić information content (AvgIpc) is 2.74. The summed E-state index contributed by atoms with van der Waals surface area (Å²) in [5.74, 6) is -0.345. The number of sulfonamides is 1. The summed E-state index contributed by atoms with van der Waals surface area (Å²) in [7, 11) is -3.73. The first-order valence-electron chi connectivity index (χ1n) is 10.6. The molecule has 180 valence electrons. The molecule has 0 unspecified atom stereocenters. The number of aryl methyl sites for hydroxylation is 2. The van der Waals surface area contributed by atoms with Gasteiger partial charge in [0.25, 0.3) is 0 Å². The van der Waals surface area contributed by atoms with E-state index in [9.17, 15) is 26.4 Å². The van der Waals surface area contributed by atoms with Crippen LogP contribution in [0, 0.1) is 13.8 Å². The van der Waals surface area contributed by atoms with E-state index in [1.165, 1.54) is 6.07 Å². The molecule has 1 fully saturated rings. The van der Waals surface area contributed by atoms with E-state index in [0.717, 1.165) is 33.8 Å². The van der Waals surface area contributed by atoms with Crippen molar-refractivity contribution in [1.29, 1.82) is 0 Å². The van der Waals surface area contributed by atoms with Gasteiger partial charge in [0.1, 0.15) is 6.04 Å². The van der Waals surface area contributed by atoms with Gasteiger partial charge in [-0.05, 0) is 62.2 Å². The number of piperazine rings is 1. The zero-order valence-electron chi connectivity index (χ0n) is 19.1. The number of alkyl halides is 3. The van der Waals surface area contributed by atoms with Crippen molar-refractivity contribution in [3.63, 3.8) is 0 Å². The van der Waals surface area contributed by atoms with Gasteiger partial charge in [0.2, 0.25) is 15.9 Å². The van der Waals surface area contributed by atoms with Crippen LogP contribution in [0.25, 0.3) is 0 Å². The molecule has 2 aromatic rings. The van der Waals surface area contributed by atoms with Gasteiger partial charge in [0.15, 0.2) is 0 Å². The number of carbonyl (C=O) groups excluding carboxylic acids is 1. The minimum Gasteiger partial charge on any atom is -0.368 e. The minimum absolute atomic E-state index is 0.282. The van der Waals surface area contributed by atoms with Crippen LogP contribution in [0.15, 0.2) is 42.5 Å². The Bertz CT molecular complexity index is 1130. The molecule has 1 atom stereocenters. The number of halogens is 3. The molecule has 1 saturated heterocycles. The molecule has 0 saturated carbocycles. The SMILES string of the molecule is Cc1ccc(N([C@@H](C)C(=O)N2CCN(c3cccc(C(F)(F)F)c3)CC2)S(C)(=O)=O)cc1C. The largest absolute Gasteiger partial charge is 0.416 e. The number of benzene rings is 2. The number of amides is 1. The third kappa shape index (κ3) is 5.61. The third-order valence-electron chi connectivity index (χ3n) is 5.94. The molecular formula is C23H28F3N3O3S. The van der Waals surface area contributed by atoms with Crippen LogP contribution in [0.3, 0.4) is 0 Å². The van der Waals surface area contributed by atoms with Crippen LogP contribution in [0.1, 0.15) is 23.6 Å². The molecule has 0 N–H and O–H groups in total. The standard InChI is InChI=1S/C23H28F3N3O3S/c1-16-8-9-21(14-17(16)2)29(33(4,31)32)18(3)22(30)28-12-10-27(11-13-28)20-7-5-6-19(15-20)23(24,25)26/h5-9,14-15,18H,10-13H2,1-4H3/t18-/m0/s1. The van der Waals surface area contributed by atoms with E-state index < -0.39 is 27.8 Å². The molecule has 33 heavy (non-hydrogen) atoms. The van der Waals surface area contributed by atoms with Crippen LogP contribution in [0.4, 0.5) is 24.5 Å². The second-order valence-electron chi connectivity index (χ2n) is 8.36. The monoisotopic (exact) mass is 483 g/mol. The van der Waals surface area contributed by atoms with E-state index in [1.54, 1.807) is 34.9 Å². The van der Waals surface area contributed by atoms with Gasteiger partial charge in [-0.1, -0.05) is 12.1 Å². The van der Waals surface area contributed by atoms with Crippen molar-refractivity contribution in [1.82, 2.24) is 4.90 Å². The zero-order valence-corrected chi connectivity index (χ0v) is 19.9. The maximum absolute atomic E-state index is 13.2. The van der Waals surface area contributed by atoms with E-state index in [-0.39, 0.29) is 19.0 Å². The van der Waals surface area contributed by atoms with Crippen LogP contribution in [0.5, 0.6) is 0 Å². The summed E-state index contributed by atoms with van der Waals surface area (Å²) < 4.78 is 65.3. The molecule has 0 spiro atoms. The number of hydrogen-bond acceptors (Lipinski definition) is 4. The molecule has 0 radical (unpaired) electrons.